The van der Waals surface area contributed by atoms with E-state index in [9.17, 15) is 9.59 Å². The van der Waals surface area contributed by atoms with Gasteiger partial charge in [0.25, 0.3) is 0 Å². The average molecular weight is 566 g/mol. The SMILES string of the molecule is COC(=O)c1ccc(CCC(/C=C/c2ccccc2OCCCBr)Cc2ccc(C(=O)OC)cc2)cc1. The second-order valence-electron chi connectivity index (χ2n) is 8.67. The smallest absolute Gasteiger partial charge is 0.337 e. The molecule has 6 heteroatoms. The second kappa shape index (κ2) is 15.0. The van der Waals surface area contributed by atoms with Crippen molar-refractivity contribution in [1.29, 1.82) is 0 Å². The first-order valence-electron chi connectivity index (χ1n) is 12.3. The standard InChI is InChI=1S/C31H33BrO5/c1-35-30(33)27-16-10-23(11-17-27)8-9-24(22-25-13-18-28(19-14-25)31(34)36-2)12-15-26-6-3-4-7-29(26)37-21-5-20-32/h3-4,6-7,10-19,24H,5,8-9,20-22H2,1-2H3/b15-12+. The highest BCUT2D eigenvalue weighted by molar-refractivity contribution is 9.09. The van der Waals surface area contributed by atoms with Crippen LogP contribution in [0.5, 0.6) is 5.75 Å². The lowest BCUT2D eigenvalue weighted by molar-refractivity contribution is 0.0592. The number of para-hydroxylation sites is 1. The minimum absolute atomic E-state index is 0.250. The fourth-order valence-corrected chi connectivity index (χ4v) is 4.20. The average Bonchev–Trinajstić information content (AvgIpc) is 2.95. The summed E-state index contributed by atoms with van der Waals surface area (Å²) in [7, 11) is 2.77. The number of allylic oxidation sites excluding steroid dienone is 1. The molecule has 0 saturated heterocycles. The Bertz CT molecular complexity index is 1170. The van der Waals surface area contributed by atoms with Crippen LogP contribution >= 0.6 is 15.9 Å². The molecular weight excluding hydrogens is 532 g/mol. The van der Waals surface area contributed by atoms with Crippen LogP contribution < -0.4 is 4.74 Å². The van der Waals surface area contributed by atoms with Gasteiger partial charge in [0.2, 0.25) is 0 Å². The fourth-order valence-electron chi connectivity index (χ4n) is 3.97. The van der Waals surface area contributed by atoms with Crippen LogP contribution in [-0.4, -0.2) is 38.1 Å². The predicted octanol–water partition coefficient (Wildman–Crippen LogP) is 6.93. The molecule has 3 aromatic rings. The van der Waals surface area contributed by atoms with E-state index in [1.165, 1.54) is 14.2 Å². The van der Waals surface area contributed by atoms with Crippen LogP contribution in [0.25, 0.3) is 6.08 Å². The van der Waals surface area contributed by atoms with E-state index in [0.29, 0.717) is 17.7 Å². The third kappa shape index (κ3) is 8.90. The van der Waals surface area contributed by atoms with Crippen molar-refractivity contribution in [2.75, 3.05) is 26.2 Å². The molecule has 1 atom stereocenters. The molecule has 0 fully saturated rings. The highest BCUT2D eigenvalue weighted by atomic mass is 79.9. The van der Waals surface area contributed by atoms with Crippen molar-refractivity contribution in [3.63, 3.8) is 0 Å². The summed E-state index contributed by atoms with van der Waals surface area (Å²) in [6, 6.07) is 23.2. The molecule has 0 heterocycles. The number of hydrogen-bond acceptors (Lipinski definition) is 5. The van der Waals surface area contributed by atoms with Crippen LogP contribution in [0.15, 0.2) is 78.9 Å². The highest BCUT2D eigenvalue weighted by Gasteiger charge is 2.11. The lowest BCUT2D eigenvalue weighted by Crippen LogP contribution is -2.06. The molecule has 5 nitrogen and oxygen atoms in total. The summed E-state index contributed by atoms with van der Waals surface area (Å²) in [6.45, 7) is 0.660. The van der Waals surface area contributed by atoms with Gasteiger partial charge in [-0.3, -0.25) is 0 Å². The summed E-state index contributed by atoms with van der Waals surface area (Å²) >= 11 is 3.45. The summed E-state index contributed by atoms with van der Waals surface area (Å²) < 4.78 is 15.6. The fraction of sp³-hybridized carbons (Fsp3) is 0.290. The largest absolute Gasteiger partial charge is 0.493 e. The molecule has 0 aromatic heterocycles. The molecule has 0 N–H and O–H groups in total. The van der Waals surface area contributed by atoms with Crippen LogP contribution in [0.4, 0.5) is 0 Å². The molecule has 0 aliphatic heterocycles. The molecule has 3 aromatic carbocycles. The maximum atomic E-state index is 11.8. The number of rotatable bonds is 13. The van der Waals surface area contributed by atoms with E-state index < -0.39 is 0 Å². The zero-order valence-electron chi connectivity index (χ0n) is 21.3. The Morgan fingerprint density at radius 3 is 2.03 bits per heavy atom. The van der Waals surface area contributed by atoms with Crippen molar-refractivity contribution in [3.05, 3.63) is 107 Å². The van der Waals surface area contributed by atoms with Crippen molar-refractivity contribution in [3.8, 4) is 5.75 Å². The van der Waals surface area contributed by atoms with Crippen molar-refractivity contribution in [2.24, 2.45) is 5.92 Å². The lowest BCUT2D eigenvalue weighted by Gasteiger charge is -2.15. The molecule has 0 radical (unpaired) electrons. The first-order chi connectivity index (χ1) is 18.0. The molecule has 0 amide bonds. The minimum atomic E-state index is -0.338. The van der Waals surface area contributed by atoms with Crippen LogP contribution in [0.1, 0.15) is 50.2 Å². The quantitative estimate of drug-likeness (QED) is 0.128. The van der Waals surface area contributed by atoms with Gasteiger partial charge in [-0.05, 0) is 73.1 Å². The van der Waals surface area contributed by atoms with Crippen molar-refractivity contribution in [1.82, 2.24) is 0 Å². The van der Waals surface area contributed by atoms with Gasteiger partial charge in [0.15, 0.2) is 0 Å². The topological polar surface area (TPSA) is 61.8 Å². The van der Waals surface area contributed by atoms with Gasteiger partial charge in [0.05, 0.1) is 32.0 Å². The van der Waals surface area contributed by atoms with Gasteiger partial charge < -0.3 is 14.2 Å². The Hall–Kier alpha value is -3.38. The summed E-state index contributed by atoms with van der Waals surface area (Å²) in [5, 5.41) is 0.905. The van der Waals surface area contributed by atoms with E-state index in [0.717, 1.165) is 53.5 Å². The summed E-state index contributed by atoms with van der Waals surface area (Å²) in [5.41, 5.74) is 4.44. The third-order valence-electron chi connectivity index (χ3n) is 6.05. The Morgan fingerprint density at radius 1 is 0.838 bits per heavy atom. The number of halogens is 1. The Morgan fingerprint density at radius 2 is 1.43 bits per heavy atom. The normalized spacial score (nSPS) is 11.8. The van der Waals surface area contributed by atoms with E-state index >= 15 is 0 Å². The van der Waals surface area contributed by atoms with Gasteiger partial charge in [-0.25, -0.2) is 9.59 Å². The Labute approximate surface area is 227 Å². The third-order valence-corrected chi connectivity index (χ3v) is 6.61. The number of carbonyl (C=O) groups is 2. The van der Waals surface area contributed by atoms with E-state index in [1.54, 1.807) is 24.3 Å². The molecule has 0 aliphatic rings. The molecular formula is C31H33BrO5. The van der Waals surface area contributed by atoms with Gasteiger partial charge in [0, 0.05) is 10.9 Å². The number of esters is 2. The van der Waals surface area contributed by atoms with Crippen LogP contribution in [0.2, 0.25) is 0 Å². The Balaban J connectivity index is 1.76. The summed E-state index contributed by atoms with van der Waals surface area (Å²) in [5.74, 6) is 0.453. The van der Waals surface area contributed by atoms with Crippen molar-refractivity contribution < 1.29 is 23.8 Å². The Kier molecular flexibility index (Phi) is 11.4. The summed E-state index contributed by atoms with van der Waals surface area (Å²) in [4.78, 5) is 23.5. The molecule has 3 rings (SSSR count). The first kappa shape index (κ1) is 28.2. The van der Waals surface area contributed by atoms with Crippen LogP contribution in [-0.2, 0) is 22.3 Å². The first-order valence-corrected chi connectivity index (χ1v) is 13.5. The molecule has 0 spiro atoms. The number of aryl methyl sites for hydroxylation is 1. The number of ether oxygens (including phenoxy) is 3. The molecule has 37 heavy (non-hydrogen) atoms. The van der Waals surface area contributed by atoms with Gasteiger partial charge in [0.1, 0.15) is 5.75 Å². The van der Waals surface area contributed by atoms with E-state index in [-0.39, 0.29) is 17.9 Å². The monoisotopic (exact) mass is 564 g/mol. The van der Waals surface area contributed by atoms with Gasteiger partial charge in [-0.15, -0.1) is 0 Å². The number of alkyl halides is 1. The minimum Gasteiger partial charge on any atom is -0.493 e. The number of benzene rings is 3. The highest BCUT2D eigenvalue weighted by Crippen LogP contribution is 2.24. The van der Waals surface area contributed by atoms with Crippen molar-refractivity contribution >= 4 is 33.9 Å². The van der Waals surface area contributed by atoms with Crippen LogP contribution in [0.3, 0.4) is 0 Å². The molecule has 0 bridgehead atoms. The number of carbonyl (C=O) groups excluding carboxylic acids is 2. The van der Waals surface area contributed by atoms with Gasteiger partial charge in [-0.1, -0.05) is 70.5 Å². The maximum Gasteiger partial charge on any atom is 0.337 e. The maximum absolute atomic E-state index is 11.8. The van der Waals surface area contributed by atoms with E-state index in [4.69, 9.17) is 14.2 Å². The van der Waals surface area contributed by atoms with E-state index in [2.05, 4.69) is 34.1 Å². The predicted molar refractivity (Wildman–Crippen MR) is 150 cm³/mol. The van der Waals surface area contributed by atoms with E-state index in [1.807, 2.05) is 42.5 Å². The zero-order chi connectivity index (χ0) is 26.5. The molecule has 0 saturated carbocycles. The molecule has 194 valence electrons. The van der Waals surface area contributed by atoms with Gasteiger partial charge >= 0.3 is 11.9 Å². The number of hydrogen-bond donors (Lipinski definition) is 0. The molecule has 0 aliphatic carbocycles. The second-order valence-corrected chi connectivity index (χ2v) is 9.46. The molecule has 1 unspecified atom stereocenters. The number of methoxy groups -OCH3 is 2. The summed E-state index contributed by atoms with van der Waals surface area (Å²) in [6.07, 6.45) is 7.92. The van der Waals surface area contributed by atoms with Crippen molar-refractivity contribution in [2.45, 2.75) is 25.7 Å². The van der Waals surface area contributed by atoms with Gasteiger partial charge in [-0.2, -0.15) is 0 Å². The van der Waals surface area contributed by atoms with Crippen LogP contribution in [0, 0.1) is 5.92 Å². The lowest BCUT2D eigenvalue weighted by atomic mass is 9.91. The zero-order valence-corrected chi connectivity index (χ0v) is 22.9.